The third kappa shape index (κ3) is 6.78. The number of ether oxygens (including phenoxy) is 1. The molecule has 0 bridgehead atoms. The number of hydrogen-bond acceptors (Lipinski definition) is 3. The van der Waals surface area contributed by atoms with Crippen LogP contribution in [0, 0.1) is 0 Å². The van der Waals surface area contributed by atoms with E-state index in [4.69, 9.17) is 4.74 Å². The van der Waals surface area contributed by atoms with Gasteiger partial charge in [0.1, 0.15) is 11.4 Å². The molecule has 0 saturated heterocycles. The van der Waals surface area contributed by atoms with E-state index in [0.29, 0.717) is 6.54 Å². The predicted molar refractivity (Wildman–Crippen MR) is 107 cm³/mol. The first kappa shape index (κ1) is 19.8. The standard InChI is InChI=1S/C20H31N5O/c1-20(2,3)26-18-11-7-6-10-17(18)14-23-19(21-4)22-12-8-9-16-13-24-25(5)15-16/h6-7,10-11,13,15H,8-9,12,14H2,1-5H3,(H2,21,22,23). The van der Waals surface area contributed by atoms with Gasteiger partial charge in [-0.3, -0.25) is 9.67 Å². The van der Waals surface area contributed by atoms with Crippen LogP contribution in [0.15, 0.2) is 41.7 Å². The molecule has 0 amide bonds. The number of guanidine groups is 1. The molecule has 6 heteroatoms. The SMILES string of the molecule is CN=C(NCCCc1cnn(C)c1)NCc1ccccc1OC(C)(C)C. The lowest BCUT2D eigenvalue weighted by molar-refractivity contribution is 0.129. The van der Waals surface area contributed by atoms with Crippen LogP contribution in [0.3, 0.4) is 0 Å². The highest BCUT2D eigenvalue weighted by Crippen LogP contribution is 2.22. The number of hydrogen-bond donors (Lipinski definition) is 2. The van der Waals surface area contributed by atoms with Gasteiger partial charge < -0.3 is 15.4 Å². The van der Waals surface area contributed by atoms with Crippen LogP contribution >= 0.6 is 0 Å². The maximum absolute atomic E-state index is 6.04. The Morgan fingerprint density at radius 1 is 1.23 bits per heavy atom. The van der Waals surface area contributed by atoms with Crippen LogP contribution in [0.5, 0.6) is 5.75 Å². The Kier molecular flexibility index (Phi) is 7.06. The lowest BCUT2D eigenvalue weighted by atomic mass is 10.1. The van der Waals surface area contributed by atoms with Crippen molar-refractivity contribution in [3.63, 3.8) is 0 Å². The minimum Gasteiger partial charge on any atom is -0.488 e. The zero-order valence-electron chi connectivity index (χ0n) is 16.5. The van der Waals surface area contributed by atoms with E-state index < -0.39 is 0 Å². The normalized spacial score (nSPS) is 12.1. The maximum atomic E-state index is 6.04. The van der Waals surface area contributed by atoms with Crippen LogP contribution in [-0.2, 0) is 20.0 Å². The molecule has 1 aromatic heterocycles. The van der Waals surface area contributed by atoms with E-state index in [9.17, 15) is 0 Å². The summed E-state index contributed by atoms with van der Waals surface area (Å²) in [5.74, 6) is 1.70. The molecule has 0 atom stereocenters. The van der Waals surface area contributed by atoms with Crippen molar-refractivity contribution in [2.75, 3.05) is 13.6 Å². The summed E-state index contributed by atoms with van der Waals surface area (Å²) in [6.45, 7) is 7.68. The Labute approximate surface area is 156 Å². The summed E-state index contributed by atoms with van der Waals surface area (Å²) in [6.07, 6.45) is 5.99. The van der Waals surface area contributed by atoms with Crippen molar-refractivity contribution in [1.29, 1.82) is 0 Å². The molecular formula is C20H31N5O. The Bertz CT molecular complexity index is 715. The minimum atomic E-state index is -0.220. The molecule has 0 aliphatic rings. The summed E-state index contributed by atoms with van der Waals surface area (Å²) in [5.41, 5.74) is 2.15. The van der Waals surface area contributed by atoms with Crippen molar-refractivity contribution in [1.82, 2.24) is 20.4 Å². The molecule has 2 rings (SSSR count). The van der Waals surface area contributed by atoms with E-state index >= 15 is 0 Å². The molecule has 0 aliphatic heterocycles. The van der Waals surface area contributed by atoms with Gasteiger partial charge in [0.25, 0.3) is 0 Å². The van der Waals surface area contributed by atoms with Gasteiger partial charge in [0.05, 0.1) is 6.20 Å². The molecule has 0 spiro atoms. The van der Waals surface area contributed by atoms with Gasteiger partial charge in [-0.15, -0.1) is 0 Å². The average Bonchev–Trinajstić information content (AvgIpc) is 2.99. The van der Waals surface area contributed by atoms with Gasteiger partial charge in [-0.05, 0) is 45.2 Å². The number of aromatic nitrogens is 2. The number of aryl methyl sites for hydroxylation is 2. The number of nitrogens with zero attached hydrogens (tertiary/aromatic N) is 3. The zero-order valence-corrected chi connectivity index (χ0v) is 16.5. The molecule has 26 heavy (non-hydrogen) atoms. The largest absolute Gasteiger partial charge is 0.488 e. The highest BCUT2D eigenvalue weighted by atomic mass is 16.5. The number of para-hydroxylation sites is 1. The zero-order chi connectivity index (χ0) is 19.0. The molecule has 142 valence electrons. The van der Waals surface area contributed by atoms with Crippen molar-refractivity contribution in [3.05, 3.63) is 47.8 Å². The maximum Gasteiger partial charge on any atom is 0.191 e. The first-order valence-electron chi connectivity index (χ1n) is 9.06. The Hall–Kier alpha value is -2.50. The molecule has 0 radical (unpaired) electrons. The lowest BCUT2D eigenvalue weighted by Gasteiger charge is -2.23. The molecule has 0 fully saturated rings. The number of nitrogens with one attached hydrogen (secondary N) is 2. The van der Waals surface area contributed by atoms with Gasteiger partial charge >= 0.3 is 0 Å². The summed E-state index contributed by atoms with van der Waals surface area (Å²) in [7, 11) is 3.72. The third-order valence-corrected chi connectivity index (χ3v) is 3.75. The van der Waals surface area contributed by atoms with Gasteiger partial charge in [-0.2, -0.15) is 5.10 Å². The quantitative estimate of drug-likeness (QED) is 0.454. The molecule has 1 heterocycles. The van der Waals surface area contributed by atoms with Crippen LogP contribution in [0.2, 0.25) is 0 Å². The summed E-state index contributed by atoms with van der Waals surface area (Å²) in [5, 5.41) is 10.9. The highest BCUT2D eigenvalue weighted by Gasteiger charge is 2.14. The summed E-state index contributed by atoms with van der Waals surface area (Å²) in [4.78, 5) is 4.29. The number of benzene rings is 1. The van der Waals surface area contributed by atoms with Gasteiger partial charge in [0.2, 0.25) is 0 Å². The first-order valence-corrected chi connectivity index (χ1v) is 9.06. The number of rotatable bonds is 7. The fourth-order valence-corrected chi connectivity index (χ4v) is 2.58. The fraction of sp³-hybridized carbons (Fsp3) is 0.500. The van der Waals surface area contributed by atoms with Crippen molar-refractivity contribution in [2.45, 2.75) is 45.8 Å². The molecule has 0 saturated carbocycles. The Morgan fingerprint density at radius 2 is 2.00 bits per heavy atom. The predicted octanol–water partition coefficient (Wildman–Crippen LogP) is 2.90. The Balaban J connectivity index is 1.80. The molecule has 2 N–H and O–H groups in total. The fourth-order valence-electron chi connectivity index (χ4n) is 2.58. The van der Waals surface area contributed by atoms with Gasteiger partial charge in [0, 0.05) is 38.9 Å². The second-order valence-corrected chi connectivity index (χ2v) is 7.30. The van der Waals surface area contributed by atoms with Crippen molar-refractivity contribution >= 4 is 5.96 Å². The highest BCUT2D eigenvalue weighted by molar-refractivity contribution is 5.79. The summed E-state index contributed by atoms with van der Waals surface area (Å²) < 4.78 is 7.87. The molecule has 1 aromatic carbocycles. The smallest absolute Gasteiger partial charge is 0.191 e. The topological polar surface area (TPSA) is 63.5 Å². The van der Waals surface area contributed by atoms with Crippen LogP contribution < -0.4 is 15.4 Å². The molecule has 0 aliphatic carbocycles. The minimum absolute atomic E-state index is 0.220. The molecule has 2 aromatic rings. The first-order chi connectivity index (χ1) is 12.4. The molecule has 0 unspecified atom stereocenters. The van der Waals surface area contributed by atoms with Crippen LogP contribution in [0.25, 0.3) is 0 Å². The summed E-state index contributed by atoms with van der Waals surface area (Å²) in [6, 6.07) is 8.10. The lowest BCUT2D eigenvalue weighted by Crippen LogP contribution is -2.37. The second-order valence-electron chi connectivity index (χ2n) is 7.30. The molecular weight excluding hydrogens is 326 g/mol. The Morgan fingerprint density at radius 3 is 2.65 bits per heavy atom. The average molecular weight is 358 g/mol. The van der Waals surface area contributed by atoms with E-state index in [1.54, 1.807) is 7.05 Å². The van der Waals surface area contributed by atoms with Gasteiger partial charge in [-0.1, -0.05) is 18.2 Å². The third-order valence-electron chi connectivity index (χ3n) is 3.75. The summed E-state index contributed by atoms with van der Waals surface area (Å²) >= 11 is 0. The monoisotopic (exact) mass is 357 g/mol. The van der Waals surface area contributed by atoms with Crippen molar-refractivity contribution < 1.29 is 4.74 Å². The molecule has 6 nitrogen and oxygen atoms in total. The van der Waals surface area contributed by atoms with Crippen LogP contribution in [0.4, 0.5) is 0 Å². The van der Waals surface area contributed by atoms with Gasteiger partial charge in [-0.25, -0.2) is 0 Å². The van der Waals surface area contributed by atoms with Crippen LogP contribution in [-0.4, -0.2) is 34.9 Å². The number of aliphatic imine (C=N–C) groups is 1. The van der Waals surface area contributed by atoms with E-state index in [0.717, 1.165) is 36.7 Å². The van der Waals surface area contributed by atoms with E-state index in [-0.39, 0.29) is 5.60 Å². The van der Waals surface area contributed by atoms with Crippen LogP contribution in [0.1, 0.15) is 38.3 Å². The van der Waals surface area contributed by atoms with E-state index in [1.165, 1.54) is 5.56 Å². The second kappa shape index (κ2) is 9.27. The van der Waals surface area contributed by atoms with Gasteiger partial charge in [0.15, 0.2) is 5.96 Å². The van der Waals surface area contributed by atoms with Crippen molar-refractivity contribution in [3.8, 4) is 5.75 Å². The van der Waals surface area contributed by atoms with E-state index in [2.05, 4.69) is 53.8 Å². The van der Waals surface area contributed by atoms with Crippen molar-refractivity contribution in [2.24, 2.45) is 12.0 Å². The van der Waals surface area contributed by atoms with E-state index in [1.807, 2.05) is 36.1 Å².